The number of aryl methyl sites for hydroxylation is 2. The molecular weight excluding hydrogens is 358 g/mol. The van der Waals surface area contributed by atoms with Gasteiger partial charge in [0.1, 0.15) is 0 Å². The smallest absolute Gasteiger partial charge is 0.289 e. The zero-order valence-electron chi connectivity index (χ0n) is 13.9. The lowest BCUT2D eigenvalue weighted by Gasteiger charge is -2.13. The molecule has 8 heteroatoms. The summed E-state index contributed by atoms with van der Waals surface area (Å²) in [5, 5.41) is 3.62. The number of benzene rings is 1. The second-order valence-electron chi connectivity index (χ2n) is 5.66. The predicted molar refractivity (Wildman–Crippen MR) is 97.6 cm³/mol. The van der Waals surface area contributed by atoms with Crippen molar-refractivity contribution in [2.45, 2.75) is 26.9 Å². The Labute approximate surface area is 153 Å². The molecule has 0 bridgehead atoms. The Kier molecular flexibility index (Phi) is 5.19. The van der Waals surface area contributed by atoms with Crippen molar-refractivity contribution >= 4 is 40.2 Å². The summed E-state index contributed by atoms with van der Waals surface area (Å²) in [6.45, 7) is 4.48. The van der Waals surface area contributed by atoms with Crippen LogP contribution in [0, 0.1) is 13.8 Å². The first-order valence-electron chi connectivity index (χ1n) is 7.71. The van der Waals surface area contributed by atoms with Gasteiger partial charge in [-0.1, -0.05) is 23.9 Å². The molecule has 0 radical (unpaired) electrons. The summed E-state index contributed by atoms with van der Waals surface area (Å²) in [6, 6.07) is 6.98. The Bertz CT molecular complexity index is 831. The first kappa shape index (κ1) is 17.6. The Hall–Kier alpha value is -2.19. The van der Waals surface area contributed by atoms with E-state index in [2.05, 4.69) is 10.3 Å². The minimum absolute atomic E-state index is 0.187. The zero-order chi connectivity index (χ0) is 18.0. The van der Waals surface area contributed by atoms with E-state index in [1.165, 1.54) is 4.90 Å². The molecule has 3 rings (SSSR count). The number of imide groups is 1. The van der Waals surface area contributed by atoms with Gasteiger partial charge in [0.25, 0.3) is 11.1 Å². The third-order valence-corrected chi connectivity index (χ3v) is 5.71. The molecule has 2 heterocycles. The molecule has 0 saturated carbocycles. The highest BCUT2D eigenvalue weighted by atomic mass is 32.2. The van der Waals surface area contributed by atoms with Crippen LogP contribution in [0.25, 0.3) is 0 Å². The van der Waals surface area contributed by atoms with Crippen LogP contribution in [0.15, 0.2) is 24.3 Å². The minimum atomic E-state index is -0.240. The van der Waals surface area contributed by atoms with E-state index in [9.17, 15) is 14.4 Å². The molecule has 1 fully saturated rings. The maximum atomic E-state index is 12.4. The molecule has 3 amide bonds. The number of nitrogens with zero attached hydrogens (tertiary/aromatic N) is 2. The molecule has 0 aliphatic carbocycles. The van der Waals surface area contributed by atoms with Crippen LogP contribution < -0.4 is 5.32 Å². The van der Waals surface area contributed by atoms with Crippen molar-refractivity contribution < 1.29 is 14.4 Å². The van der Waals surface area contributed by atoms with Crippen LogP contribution >= 0.6 is 23.1 Å². The molecule has 0 unspecified atom stereocenters. The van der Waals surface area contributed by atoms with Crippen molar-refractivity contribution in [2.24, 2.45) is 0 Å². The van der Waals surface area contributed by atoms with Crippen molar-refractivity contribution in [1.29, 1.82) is 0 Å². The van der Waals surface area contributed by atoms with Crippen LogP contribution in [0.1, 0.15) is 31.5 Å². The number of carbonyl (C=O) groups is 3. The van der Waals surface area contributed by atoms with E-state index < -0.39 is 0 Å². The fraction of sp³-hybridized carbons (Fsp3) is 0.294. The summed E-state index contributed by atoms with van der Waals surface area (Å²) in [6.07, 6.45) is 0. The highest BCUT2D eigenvalue weighted by Gasteiger charge is 2.29. The molecule has 1 aliphatic heterocycles. The number of hydrogen-bond acceptors (Lipinski definition) is 6. The van der Waals surface area contributed by atoms with Gasteiger partial charge in [0.05, 0.1) is 29.5 Å². The highest BCUT2D eigenvalue weighted by molar-refractivity contribution is 8.14. The lowest BCUT2D eigenvalue weighted by atomic mass is 10.1. The summed E-state index contributed by atoms with van der Waals surface area (Å²) >= 11 is 2.57. The van der Waals surface area contributed by atoms with Gasteiger partial charge in [-0.3, -0.25) is 19.3 Å². The van der Waals surface area contributed by atoms with Crippen LogP contribution in [0.3, 0.4) is 0 Å². The number of aromatic nitrogens is 1. The van der Waals surface area contributed by atoms with Gasteiger partial charge in [-0.15, -0.1) is 11.3 Å². The van der Waals surface area contributed by atoms with Crippen molar-refractivity contribution in [3.63, 3.8) is 0 Å². The molecular formula is C17H17N3O3S2. The molecule has 6 nitrogen and oxygen atoms in total. The Balaban J connectivity index is 1.66. The van der Waals surface area contributed by atoms with E-state index in [0.717, 1.165) is 32.9 Å². The number of amides is 3. The summed E-state index contributed by atoms with van der Waals surface area (Å²) in [5.74, 6) is -0.200. The average molecular weight is 375 g/mol. The SMILES string of the molecule is Cc1nc(C)c(CNC(=O)c2cccc(CN3C(=O)CSC3=O)c2)s1. The first-order valence-corrected chi connectivity index (χ1v) is 9.51. The molecule has 0 atom stereocenters. The maximum absolute atomic E-state index is 12.4. The fourth-order valence-corrected chi connectivity index (χ4v) is 4.13. The van der Waals surface area contributed by atoms with Crippen LogP contribution in [-0.2, 0) is 17.9 Å². The van der Waals surface area contributed by atoms with Crippen molar-refractivity contribution in [2.75, 3.05) is 5.75 Å². The predicted octanol–water partition coefficient (Wildman–Crippen LogP) is 2.89. The number of nitrogens with one attached hydrogen (secondary N) is 1. The molecule has 2 aromatic rings. The molecule has 1 aromatic carbocycles. The number of thiazole rings is 1. The lowest BCUT2D eigenvalue weighted by molar-refractivity contribution is -0.125. The van der Waals surface area contributed by atoms with E-state index >= 15 is 0 Å². The summed E-state index contributed by atoms with van der Waals surface area (Å²) in [5.41, 5.74) is 2.19. The quantitative estimate of drug-likeness (QED) is 0.869. The minimum Gasteiger partial charge on any atom is -0.347 e. The molecule has 1 saturated heterocycles. The van der Waals surface area contributed by atoms with Gasteiger partial charge < -0.3 is 5.32 Å². The molecule has 130 valence electrons. The largest absolute Gasteiger partial charge is 0.347 e. The summed E-state index contributed by atoms with van der Waals surface area (Å²) in [7, 11) is 0. The average Bonchev–Trinajstić information content (AvgIpc) is 3.08. The third kappa shape index (κ3) is 4.08. The highest BCUT2D eigenvalue weighted by Crippen LogP contribution is 2.21. The van der Waals surface area contributed by atoms with Crippen molar-refractivity contribution in [3.8, 4) is 0 Å². The van der Waals surface area contributed by atoms with Crippen LogP contribution in [0.5, 0.6) is 0 Å². The molecule has 1 aliphatic rings. The third-order valence-electron chi connectivity index (χ3n) is 3.78. The van der Waals surface area contributed by atoms with Crippen molar-refractivity contribution in [3.05, 3.63) is 51.0 Å². The summed E-state index contributed by atoms with van der Waals surface area (Å²) < 4.78 is 0. The molecule has 1 aromatic heterocycles. The van der Waals surface area contributed by atoms with Gasteiger partial charge in [0, 0.05) is 10.4 Å². The second kappa shape index (κ2) is 7.37. The number of thioether (sulfide) groups is 1. The van der Waals surface area contributed by atoms with Gasteiger partial charge in [0.2, 0.25) is 5.91 Å². The topological polar surface area (TPSA) is 79.4 Å². The molecule has 0 spiro atoms. The maximum Gasteiger partial charge on any atom is 0.289 e. The first-order chi connectivity index (χ1) is 11.9. The number of carbonyl (C=O) groups excluding carboxylic acids is 3. The Morgan fingerprint density at radius 3 is 2.76 bits per heavy atom. The number of rotatable bonds is 5. The number of hydrogen-bond donors (Lipinski definition) is 1. The molecule has 25 heavy (non-hydrogen) atoms. The zero-order valence-corrected chi connectivity index (χ0v) is 15.5. The summed E-state index contributed by atoms with van der Waals surface area (Å²) in [4.78, 5) is 42.4. The normalized spacial score (nSPS) is 14.2. The Morgan fingerprint density at radius 2 is 2.12 bits per heavy atom. The van der Waals surface area contributed by atoms with E-state index in [1.54, 1.807) is 35.6 Å². The standard InChI is InChI=1S/C17H17N3O3S2/c1-10-14(25-11(2)19-10)7-18-16(22)13-5-3-4-12(6-13)8-20-15(21)9-24-17(20)23/h3-6H,7-9H2,1-2H3,(H,18,22). The lowest BCUT2D eigenvalue weighted by Crippen LogP contribution is -2.28. The van der Waals surface area contributed by atoms with E-state index in [-0.39, 0.29) is 29.4 Å². The van der Waals surface area contributed by atoms with Crippen LogP contribution in [0.2, 0.25) is 0 Å². The van der Waals surface area contributed by atoms with Gasteiger partial charge in [-0.25, -0.2) is 4.98 Å². The Morgan fingerprint density at radius 1 is 1.32 bits per heavy atom. The monoisotopic (exact) mass is 375 g/mol. The van der Waals surface area contributed by atoms with Crippen LogP contribution in [0.4, 0.5) is 4.79 Å². The van der Waals surface area contributed by atoms with E-state index in [1.807, 2.05) is 13.8 Å². The fourth-order valence-electron chi connectivity index (χ4n) is 2.53. The van der Waals surface area contributed by atoms with Gasteiger partial charge in [-0.05, 0) is 31.5 Å². The second-order valence-corrected chi connectivity index (χ2v) is 7.87. The van der Waals surface area contributed by atoms with E-state index in [0.29, 0.717) is 12.1 Å². The van der Waals surface area contributed by atoms with Gasteiger partial charge >= 0.3 is 0 Å². The van der Waals surface area contributed by atoms with Crippen molar-refractivity contribution in [1.82, 2.24) is 15.2 Å². The van der Waals surface area contributed by atoms with Gasteiger partial charge in [-0.2, -0.15) is 0 Å². The van der Waals surface area contributed by atoms with Crippen LogP contribution in [-0.4, -0.2) is 32.7 Å². The van der Waals surface area contributed by atoms with E-state index in [4.69, 9.17) is 0 Å². The van der Waals surface area contributed by atoms with Gasteiger partial charge in [0.15, 0.2) is 0 Å². The molecule has 1 N–H and O–H groups in total.